The standard InChI is InChI=1S/C16H26N2O2.ClH/c1-12(2)16(3,11-17)18-15(19)10-9-13-7-5-6-8-14(13)20-4;/h5-8,12H,9-11,17H2,1-4H3,(H,18,19);1H. The maximum atomic E-state index is 12.1. The van der Waals surface area contributed by atoms with E-state index in [0.717, 1.165) is 11.3 Å². The van der Waals surface area contributed by atoms with Crippen molar-refractivity contribution in [3.63, 3.8) is 0 Å². The van der Waals surface area contributed by atoms with Crippen LogP contribution in [-0.2, 0) is 11.2 Å². The van der Waals surface area contributed by atoms with Crippen LogP contribution < -0.4 is 15.8 Å². The SMILES string of the molecule is COc1ccccc1CCC(=O)NC(C)(CN)C(C)C.Cl. The van der Waals surface area contributed by atoms with E-state index in [1.165, 1.54) is 0 Å². The van der Waals surface area contributed by atoms with E-state index in [0.29, 0.717) is 25.3 Å². The molecule has 0 radical (unpaired) electrons. The van der Waals surface area contributed by atoms with Crippen molar-refractivity contribution < 1.29 is 9.53 Å². The number of carbonyl (C=O) groups is 1. The molecule has 0 fully saturated rings. The lowest BCUT2D eigenvalue weighted by Gasteiger charge is -2.33. The molecule has 0 aromatic heterocycles. The van der Waals surface area contributed by atoms with Crippen LogP contribution in [-0.4, -0.2) is 25.1 Å². The molecule has 0 aliphatic rings. The van der Waals surface area contributed by atoms with Crippen LogP contribution in [0.2, 0.25) is 0 Å². The monoisotopic (exact) mass is 314 g/mol. The quantitative estimate of drug-likeness (QED) is 0.813. The van der Waals surface area contributed by atoms with E-state index < -0.39 is 0 Å². The van der Waals surface area contributed by atoms with E-state index in [-0.39, 0.29) is 23.9 Å². The van der Waals surface area contributed by atoms with Crippen LogP contribution in [0, 0.1) is 5.92 Å². The number of hydrogen-bond donors (Lipinski definition) is 2. The van der Waals surface area contributed by atoms with Crippen LogP contribution in [0.15, 0.2) is 24.3 Å². The van der Waals surface area contributed by atoms with Gasteiger partial charge in [0.1, 0.15) is 5.75 Å². The number of para-hydroxylation sites is 1. The van der Waals surface area contributed by atoms with Gasteiger partial charge in [0.2, 0.25) is 5.91 Å². The molecule has 1 atom stereocenters. The predicted molar refractivity (Wildman–Crippen MR) is 89.0 cm³/mol. The number of methoxy groups -OCH3 is 1. The van der Waals surface area contributed by atoms with Crippen molar-refractivity contribution >= 4 is 18.3 Å². The first-order valence-electron chi connectivity index (χ1n) is 7.06. The van der Waals surface area contributed by atoms with Crippen molar-refractivity contribution in [1.82, 2.24) is 5.32 Å². The molecule has 1 aromatic rings. The highest BCUT2D eigenvalue weighted by Crippen LogP contribution is 2.19. The molecule has 21 heavy (non-hydrogen) atoms. The Bertz CT molecular complexity index is 452. The molecule has 0 saturated heterocycles. The number of nitrogens with one attached hydrogen (secondary N) is 1. The Morgan fingerprint density at radius 3 is 2.52 bits per heavy atom. The fourth-order valence-corrected chi connectivity index (χ4v) is 1.97. The Morgan fingerprint density at radius 2 is 2.00 bits per heavy atom. The number of rotatable bonds is 7. The van der Waals surface area contributed by atoms with Gasteiger partial charge in [-0.25, -0.2) is 0 Å². The minimum Gasteiger partial charge on any atom is -0.496 e. The third-order valence-electron chi connectivity index (χ3n) is 3.94. The summed E-state index contributed by atoms with van der Waals surface area (Å²) in [5.74, 6) is 1.14. The molecule has 0 bridgehead atoms. The maximum Gasteiger partial charge on any atom is 0.220 e. The smallest absolute Gasteiger partial charge is 0.220 e. The molecule has 1 amide bonds. The average Bonchev–Trinajstić information content (AvgIpc) is 2.45. The van der Waals surface area contributed by atoms with Crippen molar-refractivity contribution in [2.45, 2.75) is 39.2 Å². The molecule has 4 nitrogen and oxygen atoms in total. The molecule has 0 aliphatic carbocycles. The molecular formula is C16H27ClN2O2. The fraction of sp³-hybridized carbons (Fsp3) is 0.562. The lowest BCUT2D eigenvalue weighted by atomic mass is 9.88. The van der Waals surface area contributed by atoms with Crippen LogP contribution in [0.5, 0.6) is 5.75 Å². The van der Waals surface area contributed by atoms with Crippen LogP contribution in [0.1, 0.15) is 32.8 Å². The molecule has 0 saturated carbocycles. The largest absolute Gasteiger partial charge is 0.496 e. The molecule has 1 unspecified atom stereocenters. The van der Waals surface area contributed by atoms with Gasteiger partial charge in [-0.3, -0.25) is 4.79 Å². The van der Waals surface area contributed by atoms with E-state index in [1.54, 1.807) is 7.11 Å². The summed E-state index contributed by atoms with van der Waals surface area (Å²) < 4.78 is 5.29. The molecule has 5 heteroatoms. The first kappa shape index (κ1) is 19.7. The van der Waals surface area contributed by atoms with Gasteiger partial charge in [0.05, 0.1) is 12.6 Å². The summed E-state index contributed by atoms with van der Waals surface area (Å²) in [5, 5.41) is 3.05. The van der Waals surface area contributed by atoms with Gasteiger partial charge >= 0.3 is 0 Å². The lowest BCUT2D eigenvalue weighted by molar-refractivity contribution is -0.123. The molecule has 0 aliphatic heterocycles. The molecular weight excluding hydrogens is 288 g/mol. The molecule has 1 rings (SSSR count). The maximum absolute atomic E-state index is 12.1. The number of benzene rings is 1. The van der Waals surface area contributed by atoms with Crippen molar-refractivity contribution in [3.05, 3.63) is 29.8 Å². The van der Waals surface area contributed by atoms with Crippen molar-refractivity contribution in [2.75, 3.05) is 13.7 Å². The van der Waals surface area contributed by atoms with Gasteiger partial charge in [0, 0.05) is 13.0 Å². The zero-order valence-electron chi connectivity index (χ0n) is 13.3. The van der Waals surface area contributed by atoms with E-state index in [2.05, 4.69) is 19.2 Å². The number of halogens is 1. The van der Waals surface area contributed by atoms with Gasteiger partial charge in [-0.15, -0.1) is 12.4 Å². The van der Waals surface area contributed by atoms with Gasteiger partial charge in [-0.2, -0.15) is 0 Å². The minimum absolute atomic E-state index is 0. The van der Waals surface area contributed by atoms with Crippen molar-refractivity contribution in [1.29, 1.82) is 0 Å². The Labute approximate surface area is 133 Å². The van der Waals surface area contributed by atoms with E-state index in [4.69, 9.17) is 10.5 Å². The third kappa shape index (κ3) is 5.56. The number of carbonyl (C=O) groups excluding carboxylic acids is 1. The van der Waals surface area contributed by atoms with E-state index in [9.17, 15) is 4.79 Å². The van der Waals surface area contributed by atoms with Gasteiger partial charge in [0.15, 0.2) is 0 Å². The number of hydrogen-bond acceptors (Lipinski definition) is 3. The lowest BCUT2D eigenvalue weighted by Crippen LogP contribution is -2.55. The zero-order valence-corrected chi connectivity index (χ0v) is 14.1. The van der Waals surface area contributed by atoms with E-state index in [1.807, 2.05) is 31.2 Å². The van der Waals surface area contributed by atoms with Crippen LogP contribution in [0.25, 0.3) is 0 Å². The predicted octanol–water partition coefficient (Wildman–Crippen LogP) is 2.54. The molecule has 0 spiro atoms. The second kappa shape index (κ2) is 8.90. The van der Waals surface area contributed by atoms with Gasteiger partial charge in [0.25, 0.3) is 0 Å². The summed E-state index contributed by atoms with van der Waals surface area (Å²) in [6, 6.07) is 7.77. The number of ether oxygens (including phenoxy) is 1. The van der Waals surface area contributed by atoms with Crippen LogP contribution in [0.4, 0.5) is 0 Å². The van der Waals surface area contributed by atoms with Gasteiger partial charge in [-0.1, -0.05) is 32.0 Å². The molecule has 3 N–H and O–H groups in total. The number of amides is 1. The second-order valence-corrected chi connectivity index (χ2v) is 5.64. The minimum atomic E-state index is -0.349. The van der Waals surface area contributed by atoms with Crippen LogP contribution >= 0.6 is 12.4 Å². The summed E-state index contributed by atoms with van der Waals surface area (Å²) >= 11 is 0. The third-order valence-corrected chi connectivity index (χ3v) is 3.94. The summed E-state index contributed by atoms with van der Waals surface area (Å²) in [5.41, 5.74) is 6.47. The first-order chi connectivity index (χ1) is 9.42. The highest BCUT2D eigenvalue weighted by Gasteiger charge is 2.28. The highest BCUT2D eigenvalue weighted by atomic mass is 35.5. The average molecular weight is 315 g/mol. The zero-order chi connectivity index (χ0) is 15.2. The van der Waals surface area contributed by atoms with Gasteiger partial charge in [-0.05, 0) is 30.9 Å². The summed E-state index contributed by atoms with van der Waals surface area (Å²) in [6.45, 7) is 6.55. The van der Waals surface area contributed by atoms with Gasteiger partial charge < -0.3 is 15.8 Å². The molecule has 1 aromatic carbocycles. The first-order valence-corrected chi connectivity index (χ1v) is 7.06. The topological polar surface area (TPSA) is 64.3 Å². The Hall–Kier alpha value is -1.26. The molecule has 120 valence electrons. The van der Waals surface area contributed by atoms with Crippen molar-refractivity contribution in [2.24, 2.45) is 11.7 Å². The fourth-order valence-electron chi connectivity index (χ4n) is 1.97. The second-order valence-electron chi connectivity index (χ2n) is 5.64. The Morgan fingerprint density at radius 1 is 1.38 bits per heavy atom. The Kier molecular flexibility index (Phi) is 8.37. The Balaban J connectivity index is 0.00000400. The summed E-state index contributed by atoms with van der Waals surface area (Å²) in [7, 11) is 1.64. The number of aryl methyl sites for hydroxylation is 1. The highest BCUT2D eigenvalue weighted by molar-refractivity contribution is 5.85. The number of nitrogens with two attached hydrogens (primary N) is 1. The van der Waals surface area contributed by atoms with Crippen LogP contribution in [0.3, 0.4) is 0 Å². The summed E-state index contributed by atoms with van der Waals surface area (Å²) in [6.07, 6.45) is 1.09. The molecule has 0 heterocycles. The van der Waals surface area contributed by atoms with Crippen molar-refractivity contribution in [3.8, 4) is 5.75 Å². The van der Waals surface area contributed by atoms with E-state index >= 15 is 0 Å². The summed E-state index contributed by atoms with van der Waals surface area (Å²) in [4.78, 5) is 12.1. The normalized spacial score (nSPS) is 13.2.